The van der Waals surface area contributed by atoms with Crippen LogP contribution in [0.3, 0.4) is 0 Å². The highest BCUT2D eigenvalue weighted by molar-refractivity contribution is 5.99. The van der Waals surface area contributed by atoms with Crippen LogP contribution in [-0.2, 0) is 22.6 Å². The van der Waals surface area contributed by atoms with Crippen LogP contribution in [0.15, 0.2) is 97.1 Å². The molecule has 0 saturated heterocycles. The molecule has 0 radical (unpaired) electrons. The first-order chi connectivity index (χ1) is 19.8. The Morgan fingerprint density at radius 3 is 2.10 bits per heavy atom. The van der Waals surface area contributed by atoms with Gasteiger partial charge in [-0.15, -0.1) is 0 Å². The van der Waals surface area contributed by atoms with Gasteiger partial charge in [0.1, 0.15) is 17.5 Å². The Labute approximate surface area is 242 Å². The van der Waals surface area contributed by atoms with Gasteiger partial charge in [-0.2, -0.15) is 0 Å². The second kappa shape index (κ2) is 13.7. The first kappa shape index (κ1) is 29.4. The van der Waals surface area contributed by atoms with Gasteiger partial charge < -0.3 is 19.7 Å². The summed E-state index contributed by atoms with van der Waals surface area (Å²) < 4.78 is 10.9. The van der Waals surface area contributed by atoms with Crippen LogP contribution in [0.4, 0.5) is 5.69 Å². The van der Waals surface area contributed by atoms with Gasteiger partial charge in [-0.05, 0) is 52.8 Å². The molecule has 0 aliphatic heterocycles. The zero-order valence-electron chi connectivity index (χ0n) is 24.4. The summed E-state index contributed by atoms with van der Waals surface area (Å²) >= 11 is 0. The zero-order chi connectivity index (χ0) is 29.4. The largest absolute Gasteiger partial charge is 0.497 e. The minimum absolute atomic E-state index is 0.144. The fourth-order valence-electron chi connectivity index (χ4n) is 4.81. The summed E-state index contributed by atoms with van der Waals surface area (Å²) in [7, 11) is 3.12. The third-order valence-corrected chi connectivity index (χ3v) is 7.27. The molecule has 0 bridgehead atoms. The molecule has 0 heterocycles. The maximum absolute atomic E-state index is 14.2. The predicted molar refractivity (Wildman–Crippen MR) is 163 cm³/mol. The highest BCUT2D eigenvalue weighted by Gasteiger charge is 2.32. The molecule has 4 aromatic rings. The number of aryl methyl sites for hydroxylation is 1. The lowest BCUT2D eigenvalue weighted by molar-refractivity contribution is -0.139. The van der Waals surface area contributed by atoms with Gasteiger partial charge in [-0.3, -0.25) is 9.59 Å². The number of rotatable bonds is 11. The van der Waals surface area contributed by atoms with Gasteiger partial charge >= 0.3 is 0 Å². The van der Waals surface area contributed by atoms with Gasteiger partial charge in [0.15, 0.2) is 0 Å². The molecule has 0 fully saturated rings. The highest BCUT2D eigenvalue weighted by atomic mass is 16.5. The third-order valence-electron chi connectivity index (χ3n) is 7.27. The Balaban J connectivity index is 1.79. The lowest BCUT2D eigenvalue weighted by Gasteiger charge is -2.32. The molecule has 0 aliphatic carbocycles. The van der Waals surface area contributed by atoms with E-state index in [1.165, 1.54) is 0 Å². The summed E-state index contributed by atoms with van der Waals surface area (Å²) in [6.07, 6.45) is 0.173. The van der Waals surface area contributed by atoms with Crippen molar-refractivity contribution in [3.05, 3.63) is 125 Å². The third kappa shape index (κ3) is 7.34. The average Bonchev–Trinajstić information content (AvgIpc) is 2.98. The zero-order valence-corrected chi connectivity index (χ0v) is 24.4. The standard InChI is InChI=1S/C35H38N2O4/c1-24(2)27-15-17-28(18-16-27)34(35(39)36-31-20-19-30(40-4)22-32(31)41-5)37(23-29-14-10-9-11-25(29)3)33(38)21-26-12-7-6-8-13-26/h6-20,22,24,34H,21,23H2,1-5H3,(H,36,39). The summed E-state index contributed by atoms with van der Waals surface area (Å²) in [5.74, 6) is 0.935. The molecular weight excluding hydrogens is 512 g/mol. The molecule has 0 aromatic heterocycles. The number of hydrogen-bond acceptors (Lipinski definition) is 4. The highest BCUT2D eigenvalue weighted by Crippen LogP contribution is 2.32. The Morgan fingerprint density at radius 2 is 1.46 bits per heavy atom. The van der Waals surface area contributed by atoms with Crippen LogP contribution in [0, 0.1) is 6.92 Å². The molecule has 212 valence electrons. The summed E-state index contributed by atoms with van der Waals surface area (Å²) in [6, 6.07) is 29.8. The molecule has 6 nitrogen and oxygen atoms in total. The molecule has 1 unspecified atom stereocenters. The monoisotopic (exact) mass is 550 g/mol. The fourth-order valence-corrected chi connectivity index (χ4v) is 4.81. The van der Waals surface area contributed by atoms with Crippen LogP contribution in [0.5, 0.6) is 11.5 Å². The SMILES string of the molecule is COc1ccc(NC(=O)C(c2ccc(C(C)C)cc2)N(Cc2ccccc2C)C(=O)Cc2ccccc2)c(OC)c1. The Kier molecular flexibility index (Phi) is 9.80. The van der Waals surface area contributed by atoms with Gasteiger partial charge in [0.05, 0.1) is 26.3 Å². The van der Waals surface area contributed by atoms with Crippen molar-refractivity contribution >= 4 is 17.5 Å². The van der Waals surface area contributed by atoms with Crippen molar-refractivity contribution in [2.24, 2.45) is 0 Å². The number of carbonyl (C=O) groups excluding carboxylic acids is 2. The van der Waals surface area contributed by atoms with Gasteiger partial charge in [-0.25, -0.2) is 0 Å². The number of ether oxygens (including phenoxy) is 2. The maximum atomic E-state index is 14.2. The van der Waals surface area contributed by atoms with Crippen molar-refractivity contribution in [2.45, 2.75) is 45.7 Å². The van der Waals surface area contributed by atoms with Gasteiger partial charge in [0.25, 0.3) is 5.91 Å². The molecule has 41 heavy (non-hydrogen) atoms. The first-order valence-electron chi connectivity index (χ1n) is 13.8. The minimum Gasteiger partial charge on any atom is -0.497 e. The number of carbonyl (C=O) groups is 2. The van der Waals surface area contributed by atoms with E-state index >= 15 is 0 Å². The fraction of sp³-hybridized carbons (Fsp3) is 0.257. The van der Waals surface area contributed by atoms with E-state index in [0.717, 1.165) is 27.8 Å². The van der Waals surface area contributed by atoms with Crippen molar-refractivity contribution in [3.63, 3.8) is 0 Å². The van der Waals surface area contributed by atoms with Crippen LogP contribution in [0.25, 0.3) is 0 Å². The number of methoxy groups -OCH3 is 2. The summed E-state index contributed by atoms with van der Waals surface area (Å²) in [5, 5.41) is 3.03. The molecule has 1 atom stereocenters. The average molecular weight is 551 g/mol. The molecule has 4 rings (SSSR count). The quantitative estimate of drug-likeness (QED) is 0.217. The van der Waals surface area contributed by atoms with E-state index in [2.05, 4.69) is 19.2 Å². The lowest BCUT2D eigenvalue weighted by Crippen LogP contribution is -2.41. The molecule has 0 spiro atoms. The van der Waals surface area contributed by atoms with Crippen molar-refractivity contribution < 1.29 is 19.1 Å². The Morgan fingerprint density at radius 1 is 0.805 bits per heavy atom. The lowest BCUT2D eigenvalue weighted by atomic mass is 9.96. The molecular formula is C35H38N2O4. The number of benzene rings is 4. The van der Waals surface area contributed by atoms with E-state index in [1.807, 2.05) is 85.8 Å². The minimum atomic E-state index is -0.890. The van der Waals surface area contributed by atoms with E-state index in [4.69, 9.17) is 9.47 Å². The van der Waals surface area contributed by atoms with E-state index in [0.29, 0.717) is 23.1 Å². The van der Waals surface area contributed by atoms with Gasteiger partial charge in [0.2, 0.25) is 5.91 Å². The molecule has 2 amide bonds. The second-order valence-electron chi connectivity index (χ2n) is 10.4. The van der Waals surface area contributed by atoms with Crippen LogP contribution in [0.1, 0.15) is 53.6 Å². The van der Waals surface area contributed by atoms with Crippen molar-refractivity contribution in [1.29, 1.82) is 0 Å². The number of amides is 2. The van der Waals surface area contributed by atoms with E-state index in [9.17, 15) is 9.59 Å². The van der Waals surface area contributed by atoms with Crippen LogP contribution in [0.2, 0.25) is 0 Å². The van der Waals surface area contributed by atoms with Crippen molar-refractivity contribution in [3.8, 4) is 11.5 Å². The second-order valence-corrected chi connectivity index (χ2v) is 10.4. The van der Waals surface area contributed by atoms with Gasteiger partial charge in [-0.1, -0.05) is 92.7 Å². The summed E-state index contributed by atoms with van der Waals surface area (Å²) in [6.45, 7) is 6.55. The normalized spacial score (nSPS) is 11.6. The Hall–Kier alpha value is -4.58. The van der Waals surface area contributed by atoms with Crippen LogP contribution >= 0.6 is 0 Å². The predicted octanol–water partition coefficient (Wildman–Crippen LogP) is 7.09. The molecule has 4 aromatic carbocycles. The Bertz CT molecular complexity index is 1470. The van der Waals surface area contributed by atoms with E-state index < -0.39 is 6.04 Å². The topological polar surface area (TPSA) is 67.9 Å². The molecule has 1 N–H and O–H groups in total. The maximum Gasteiger partial charge on any atom is 0.251 e. The first-order valence-corrected chi connectivity index (χ1v) is 13.8. The number of nitrogens with one attached hydrogen (secondary N) is 1. The summed E-state index contributed by atoms with van der Waals surface area (Å²) in [4.78, 5) is 30.0. The number of hydrogen-bond donors (Lipinski definition) is 1. The number of nitrogens with zero attached hydrogens (tertiary/aromatic N) is 1. The van der Waals surface area contributed by atoms with Crippen LogP contribution in [-0.4, -0.2) is 30.9 Å². The van der Waals surface area contributed by atoms with Gasteiger partial charge in [0, 0.05) is 12.6 Å². The number of anilines is 1. The molecule has 6 heteroatoms. The molecule has 0 saturated carbocycles. The van der Waals surface area contributed by atoms with E-state index in [1.54, 1.807) is 37.3 Å². The van der Waals surface area contributed by atoms with Crippen molar-refractivity contribution in [2.75, 3.05) is 19.5 Å². The smallest absolute Gasteiger partial charge is 0.251 e. The summed E-state index contributed by atoms with van der Waals surface area (Å²) in [5.41, 5.74) is 5.30. The molecule has 0 aliphatic rings. The van der Waals surface area contributed by atoms with Crippen molar-refractivity contribution in [1.82, 2.24) is 4.90 Å². The van der Waals surface area contributed by atoms with E-state index in [-0.39, 0.29) is 24.8 Å². The van der Waals surface area contributed by atoms with Crippen LogP contribution < -0.4 is 14.8 Å².